The first-order chi connectivity index (χ1) is 9.76. The first-order valence-corrected chi connectivity index (χ1v) is 8.16. The van der Waals surface area contributed by atoms with E-state index in [0.29, 0.717) is 36.4 Å². The van der Waals surface area contributed by atoms with Gasteiger partial charge in [-0.2, -0.15) is 0 Å². The van der Waals surface area contributed by atoms with Gasteiger partial charge in [0.1, 0.15) is 11.9 Å². The topological polar surface area (TPSA) is 55.4 Å². The zero-order valence-corrected chi connectivity index (χ0v) is 14.3. The third-order valence-corrected chi connectivity index (χ3v) is 5.41. The van der Waals surface area contributed by atoms with Gasteiger partial charge in [-0.3, -0.25) is 4.79 Å². The molecule has 1 aliphatic rings. The normalized spacial score (nSPS) is 35.8. The van der Waals surface area contributed by atoms with Crippen molar-refractivity contribution < 1.29 is 14.3 Å². The fourth-order valence-corrected chi connectivity index (χ4v) is 3.33. The van der Waals surface area contributed by atoms with Crippen LogP contribution in [-0.2, 0) is 14.3 Å². The fraction of sp³-hybridized carbons (Fsp3) is 0.882. The van der Waals surface area contributed by atoms with E-state index in [1.165, 1.54) is 0 Å². The lowest BCUT2D eigenvalue weighted by Gasteiger charge is -2.47. The van der Waals surface area contributed by atoms with Crippen LogP contribution in [0.4, 0.5) is 0 Å². The molecule has 4 heteroatoms. The number of carbonyl (C=O) groups excluding carboxylic acids is 2. The van der Waals surface area contributed by atoms with Crippen molar-refractivity contribution >= 4 is 12.2 Å². The van der Waals surface area contributed by atoms with Crippen LogP contribution in [0.25, 0.3) is 0 Å². The minimum atomic E-state index is -0.832. The quantitative estimate of drug-likeness (QED) is 0.767. The number of hydrogen-bond donors (Lipinski definition) is 1. The Morgan fingerprint density at radius 3 is 2.57 bits per heavy atom. The van der Waals surface area contributed by atoms with Crippen LogP contribution in [0.3, 0.4) is 0 Å². The van der Waals surface area contributed by atoms with E-state index >= 15 is 0 Å². The Labute approximate surface area is 129 Å². The number of amides is 1. The predicted octanol–water partition coefficient (Wildman–Crippen LogP) is 2.80. The fourth-order valence-electron chi connectivity index (χ4n) is 3.33. The van der Waals surface area contributed by atoms with Crippen LogP contribution in [0, 0.1) is 23.7 Å². The molecule has 1 N–H and O–H groups in total. The summed E-state index contributed by atoms with van der Waals surface area (Å²) >= 11 is 0. The number of carbonyl (C=O) groups is 2. The molecule has 1 amide bonds. The molecular formula is C17H31NO3. The summed E-state index contributed by atoms with van der Waals surface area (Å²) < 4.78 is 6.27. The van der Waals surface area contributed by atoms with E-state index in [4.69, 9.17) is 4.74 Å². The summed E-state index contributed by atoms with van der Waals surface area (Å²) in [5.41, 5.74) is -0.832. The van der Waals surface area contributed by atoms with Crippen LogP contribution >= 0.6 is 0 Å². The third kappa shape index (κ3) is 4.06. The number of hydrogen-bond acceptors (Lipinski definition) is 3. The van der Waals surface area contributed by atoms with Crippen LogP contribution < -0.4 is 5.32 Å². The van der Waals surface area contributed by atoms with Crippen molar-refractivity contribution in [2.45, 2.75) is 66.1 Å². The molecule has 0 aliphatic carbocycles. The van der Waals surface area contributed by atoms with Gasteiger partial charge >= 0.3 is 0 Å². The molecule has 0 aromatic rings. The highest BCUT2D eigenvalue weighted by Crippen LogP contribution is 2.41. The first-order valence-electron chi connectivity index (χ1n) is 8.16. The highest BCUT2D eigenvalue weighted by molar-refractivity contribution is 5.86. The first kappa shape index (κ1) is 18.1. The van der Waals surface area contributed by atoms with Crippen molar-refractivity contribution in [1.29, 1.82) is 0 Å². The Morgan fingerprint density at radius 2 is 2.05 bits per heavy atom. The van der Waals surface area contributed by atoms with Gasteiger partial charge in [-0.25, -0.2) is 0 Å². The lowest BCUT2D eigenvalue weighted by Crippen LogP contribution is -2.56. The molecule has 122 valence electrons. The zero-order chi connectivity index (χ0) is 16.2. The van der Waals surface area contributed by atoms with Crippen LogP contribution in [0.5, 0.6) is 0 Å². The Bertz CT molecular complexity index is 371. The summed E-state index contributed by atoms with van der Waals surface area (Å²) in [4.78, 5) is 22.8. The zero-order valence-electron chi connectivity index (χ0n) is 14.3. The highest BCUT2D eigenvalue weighted by Gasteiger charge is 2.47. The summed E-state index contributed by atoms with van der Waals surface area (Å²) in [7, 11) is 0. The largest absolute Gasteiger partial charge is 0.362 e. The van der Waals surface area contributed by atoms with Gasteiger partial charge in [-0.15, -0.1) is 0 Å². The summed E-state index contributed by atoms with van der Waals surface area (Å²) in [6.45, 7) is 13.0. The number of rotatable bonds is 6. The van der Waals surface area contributed by atoms with E-state index in [0.717, 1.165) is 6.42 Å². The molecular weight excluding hydrogens is 266 g/mol. The smallest absolute Gasteiger partial charge is 0.252 e. The Morgan fingerprint density at radius 1 is 1.43 bits per heavy atom. The van der Waals surface area contributed by atoms with Gasteiger partial charge in [0.25, 0.3) is 5.91 Å². The average molecular weight is 297 g/mol. The molecule has 1 heterocycles. The monoisotopic (exact) mass is 297 g/mol. The van der Waals surface area contributed by atoms with E-state index in [2.05, 4.69) is 39.9 Å². The van der Waals surface area contributed by atoms with Gasteiger partial charge in [-0.05, 0) is 37.0 Å². The molecule has 21 heavy (non-hydrogen) atoms. The second kappa shape index (κ2) is 7.39. The molecule has 1 saturated heterocycles. The lowest BCUT2D eigenvalue weighted by atomic mass is 9.72. The molecule has 1 fully saturated rings. The number of nitrogens with one attached hydrogen (secondary N) is 1. The van der Waals surface area contributed by atoms with Crippen molar-refractivity contribution in [3.05, 3.63) is 0 Å². The maximum absolute atomic E-state index is 12.3. The SMILES string of the molecule is CCC(C)C(C)C1OC(C)(C(=O)NCC=O)CC(C)C1C. The van der Waals surface area contributed by atoms with E-state index in [-0.39, 0.29) is 18.6 Å². The van der Waals surface area contributed by atoms with Crippen LogP contribution in [0.1, 0.15) is 54.4 Å². The van der Waals surface area contributed by atoms with Crippen molar-refractivity contribution in [3.8, 4) is 0 Å². The second-order valence-corrected chi connectivity index (χ2v) is 6.98. The lowest BCUT2D eigenvalue weighted by molar-refractivity contribution is -0.192. The molecule has 1 rings (SSSR count). The predicted molar refractivity (Wildman–Crippen MR) is 83.9 cm³/mol. The molecule has 6 unspecified atom stereocenters. The van der Waals surface area contributed by atoms with E-state index in [1.807, 2.05) is 6.92 Å². The van der Waals surface area contributed by atoms with Crippen molar-refractivity contribution in [2.75, 3.05) is 6.54 Å². The second-order valence-electron chi connectivity index (χ2n) is 6.98. The average Bonchev–Trinajstić information content (AvgIpc) is 2.46. The van der Waals surface area contributed by atoms with Gasteiger partial charge in [0.2, 0.25) is 0 Å². The van der Waals surface area contributed by atoms with Crippen molar-refractivity contribution in [3.63, 3.8) is 0 Å². The molecule has 6 atom stereocenters. The highest BCUT2D eigenvalue weighted by atomic mass is 16.5. The van der Waals surface area contributed by atoms with E-state index < -0.39 is 5.60 Å². The molecule has 0 bridgehead atoms. The van der Waals surface area contributed by atoms with Crippen LogP contribution in [0.2, 0.25) is 0 Å². The third-order valence-electron chi connectivity index (χ3n) is 5.41. The van der Waals surface area contributed by atoms with Gasteiger partial charge in [0.05, 0.1) is 12.6 Å². The minimum absolute atomic E-state index is 0.0489. The molecule has 0 aromatic carbocycles. The van der Waals surface area contributed by atoms with Gasteiger partial charge < -0.3 is 14.8 Å². The summed E-state index contributed by atoms with van der Waals surface area (Å²) in [6, 6.07) is 0. The van der Waals surface area contributed by atoms with Gasteiger partial charge in [0.15, 0.2) is 0 Å². The molecule has 0 radical (unpaired) electrons. The standard InChI is InChI=1S/C17H31NO3/c1-7-11(2)13(4)15-14(5)12(3)10-17(6,21-15)16(20)18-8-9-19/h9,11-15H,7-8,10H2,1-6H3,(H,18,20). The summed E-state index contributed by atoms with van der Waals surface area (Å²) in [5, 5.41) is 2.65. The van der Waals surface area contributed by atoms with Gasteiger partial charge in [0, 0.05) is 0 Å². The number of aldehydes is 1. The molecule has 1 aliphatic heterocycles. The molecule has 0 spiro atoms. The molecule has 0 aromatic heterocycles. The Kier molecular flexibility index (Phi) is 6.39. The maximum atomic E-state index is 12.3. The minimum Gasteiger partial charge on any atom is -0.362 e. The summed E-state index contributed by atoms with van der Waals surface area (Å²) in [5.74, 6) is 1.65. The molecule has 0 saturated carbocycles. The molecule has 4 nitrogen and oxygen atoms in total. The van der Waals surface area contributed by atoms with Crippen LogP contribution in [0.15, 0.2) is 0 Å². The van der Waals surface area contributed by atoms with E-state index in [9.17, 15) is 9.59 Å². The Balaban J connectivity index is 2.90. The Hall–Kier alpha value is -0.900. The van der Waals surface area contributed by atoms with Gasteiger partial charge in [-0.1, -0.05) is 41.0 Å². The summed E-state index contributed by atoms with van der Waals surface area (Å²) in [6.07, 6.45) is 2.59. The number of ether oxygens (including phenoxy) is 1. The van der Waals surface area contributed by atoms with E-state index in [1.54, 1.807) is 0 Å². The van der Waals surface area contributed by atoms with Crippen molar-refractivity contribution in [1.82, 2.24) is 5.32 Å². The maximum Gasteiger partial charge on any atom is 0.252 e. The van der Waals surface area contributed by atoms with Crippen molar-refractivity contribution in [2.24, 2.45) is 23.7 Å². The van der Waals surface area contributed by atoms with Crippen LogP contribution in [-0.4, -0.2) is 30.4 Å².